The van der Waals surface area contributed by atoms with Crippen molar-refractivity contribution in [1.82, 2.24) is 15.5 Å². The van der Waals surface area contributed by atoms with E-state index in [4.69, 9.17) is 14.2 Å². The Hall–Kier alpha value is -2.04. The molecular weight excluding hydrogens is 531 g/mol. The van der Waals surface area contributed by atoms with Crippen LogP contribution in [0.5, 0.6) is 11.5 Å². The molecule has 0 saturated carbocycles. The Bertz CT molecular complexity index is 930. The molecule has 33 heavy (non-hydrogen) atoms. The van der Waals surface area contributed by atoms with Crippen LogP contribution in [0.2, 0.25) is 0 Å². The molecule has 2 heterocycles. The summed E-state index contributed by atoms with van der Waals surface area (Å²) < 4.78 is 16.7. The Labute approximate surface area is 213 Å². The van der Waals surface area contributed by atoms with E-state index in [-0.39, 0.29) is 36.2 Å². The highest BCUT2D eigenvalue weighted by Gasteiger charge is 2.22. The van der Waals surface area contributed by atoms with Crippen LogP contribution in [0.4, 0.5) is 0 Å². The maximum atomic E-state index is 5.88. The summed E-state index contributed by atoms with van der Waals surface area (Å²) in [6.07, 6.45) is 1.43. The van der Waals surface area contributed by atoms with Gasteiger partial charge in [-0.1, -0.05) is 30.3 Å². The van der Waals surface area contributed by atoms with Crippen LogP contribution in [0.1, 0.15) is 30.5 Å². The van der Waals surface area contributed by atoms with Gasteiger partial charge in [-0.15, -0.1) is 24.0 Å². The van der Waals surface area contributed by atoms with Gasteiger partial charge < -0.3 is 24.8 Å². The fourth-order valence-electron chi connectivity index (χ4n) is 4.36. The van der Waals surface area contributed by atoms with Gasteiger partial charge in [-0.25, -0.2) is 0 Å². The third kappa shape index (κ3) is 7.22. The van der Waals surface area contributed by atoms with Gasteiger partial charge in [0, 0.05) is 39.8 Å². The summed E-state index contributed by atoms with van der Waals surface area (Å²) >= 11 is 0. The van der Waals surface area contributed by atoms with Crippen LogP contribution in [0.25, 0.3) is 0 Å². The van der Waals surface area contributed by atoms with E-state index in [2.05, 4.69) is 64.7 Å². The molecule has 2 aromatic rings. The van der Waals surface area contributed by atoms with Gasteiger partial charge in [-0.3, -0.25) is 9.89 Å². The third-order valence-corrected chi connectivity index (χ3v) is 5.82. The van der Waals surface area contributed by atoms with Crippen molar-refractivity contribution < 1.29 is 14.2 Å². The van der Waals surface area contributed by atoms with Crippen LogP contribution in [-0.4, -0.2) is 56.5 Å². The lowest BCUT2D eigenvalue weighted by molar-refractivity contribution is -0.0705. The van der Waals surface area contributed by atoms with Gasteiger partial charge in [0.15, 0.2) is 17.5 Å². The molecule has 0 bridgehead atoms. The molecule has 2 aromatic carbocycles. The van der Waals surface area contributed by atoms with Crippen molar-refractivity contribution >= 4 is 29.9 Å². The molecule has 4 rings (SSSR count). The number of nitrogens with zero attached hydrogens (tertiary/aromatic N) is 2. The molecule has 180 valence electrons. The summed E-state index contributed by atoms with van der Waals surface area (Å²) in [5, 5.41) is 6.87. The Morgan fingerprint density at radius 1 is 1.00 bits per heavy atom. The number of fused-ring (bicyclic) bond motifs is 1. The van der Waals surface area contributed by atoms with Crippen molar-refractivity contribution in [2.45, 2.75) is 45.6 Å². The van der Waals surface area contributed by atoms with Crippen molar-refractivity contribution in [2.75, 3.05) is 33.5 Å². The third-order valence-electron chi connectivity index (χ3n) is 5.82. The van der Waals surface area contributed by atoms with E-state index in [0.717, 1.165) is 56.6 Å². The number of aliphatic imine (C=N–C) groups is 1. The molecule has 7 nitrogen and oxygen atoms in total. The quantitative estimate of drug-likeness (QED) is 0.304. The first-order valence-electron chi connectivity index (χ1n) is 11.4. The lowest BCUT2D eigenvalue weighted by atomic mass is 10.1. The van der Waals surface area contributed by atoms with Gasteiger partial charge in [0.1, 0.15) is 0 Å². The van der Waals surface area contributed by atoms with Crippen molar-refractivity contribution in [3.05, 3.63) is 59.2 Å². The molecule has 2 N–H and O–H groups in total. The molecule has 0 spiro atoms. The summed E-state index contributed by atoms with van der Waals surface area (Å²) in [6, 6.07) is 14.7. The molecular formula is C25H35IN4O3. The summed E-state index contributed by atoms with van der Waals surface area (Å²) in [4.78, 5) is 6.86. The molecule has 2 aliphatic rings. The number of hydrogen-bond acceptors (Lipinski definition) is 5. The number of nitrogens with one attached hydrogen (secondary N) is 2. The summed E-state index contributed by atoms with van der Waals surface area (Å²) in [5.74, 6) is 2.44. The molecule has 2 atom stereocenters. The van der Waals surface area contributed by atoms with Gasteiger partial charge in [0.05, 0.1) is 12.2 Å². The van der Waals surface area contributed by atoms with Crippen LogP contribution in [0.3, 0.4) is 0 Å². The predicted molar refractivity (Wildman–Crippen MR) is 142 cm³/mol. The molecule has 1 saturated heterocycles. The highest BCUT2D eigenvalue weighted by Crippen LogP contribution is 2.32. The minimum Gasteiger partial charge on any atom is -0.454 e. The van der Waals surface area contributed by atoms with Crippen LogP contribution in [0, 0.1) is 0 Å². The lowest BCUT2D eigenvalue weighted by Crippen LogP contribution is -2.45. The molecule has 2 unspecified atom stereocenters. The van der Waals surface area contributed by atoms with E-state index < -0.39 is 0 Å². The van der Waals surface area contributed by atoms with Gasteiger partial charge in [-0.2, -0.15) is 0 Å². The van der Waals surface area contributed by atoms with Crippen molar-refractivity contribution in [3.8, 4) is 11.5 Å². The molecule has 8 heteroatoms. The molecule has 1 fully saturated rings. The first-order chi connectivity index (χ1) is 15.6. The topological polar surface area (TPSA) is 67.4 Å². The average molecular weight is 566 g/mol. The molecule has 2 aliphatic heterocycles. The lowest BCUT2D eigenvalue weighted by Gasteiger charge is -2.35. The zero-order valence-electron chi connectivity index (χ0n) is 19.7. The second-order valence-electron chi connectivity index (χ2n) is 8.51. The van der Waals surface area contributed by atoms with E-state index in [1.807, 2.05) is 12.1 Å². The number of benzene rings is 2. The Morgan fingerprint density at radius 2 is 1.73 bits per heavy atom. The maximum absolute atomic E-state index is 5.88. The second-order valence-corrected chi connectivity index (χ2v) is 8.51. The minimum atomic E-state index is 0. The smallest absolute Gasteiger partial charge is 0.231 e. The van der Waals surface area contributed by atoms with Crippen molar-refractivity contribution in [2.24, 2.45) is 4.99 Å². The normalized spacial score (nSPS) is 20.3. The number of guanidine groups is 1. The summed E-state index contributed by atoms with van der Waals surface area (Å²) in [7, 11) is 1.80. The predicted octanol–water partition coefficient (Wildman–Crippen LogP) is 3.55. The van der Waals surface area contributed by atoms with Gasteiger partial charge in [0.25, 0.3) is 0 Å². The van der Waals surface area contributed by atoms with Crippen LogP contribution < -0.4 is 20.1 Å². The molecule has 0 amide bonds. The number of morpholine rings is 1. The molecule has 0 aromatic heterocycles. The number of ether oxygens (including phenoxy) is 3. The number of halogens is 1. The Morgan fingerprint density at radius 3 is 2.48 bits per heavy atom. The van der Waals surface area contributed by atoms with Crippen LogP contribution >= 0.6 is 24.0 Å². The Kier molecular flexibility index (Phi) is 9.64. The van der Waals surface area contributed by atoms with E-state index in [0.29, 0.717) is 6.79 Å². The van der Waals surface area contributed by atoms with E-state index in [9.17, 15) is 0 Å². The SMILES string of the molecule is CN=C(NCCc1ccc2c(c1)OCO2)NCc1ccccc1CN1CC(C)OC(C)C1.I. The van der Waals surface area contributed by atoms with E-state index in [1.54, 1.807) is 7.05 Å². The monoisotopic (exact) mass is 566 g/mol. The molecule has 0 aliphatic carbocycles. The van der Waals surface area contributed by atoms with Crippen molar-refractivity contribution in [1.29, 1.82) is 0 Å². The fraction of sp³-hybridized carbons (Fsp3) is 0.480. The van der Waals surface area contributed by atoms with E-state index in [1.165, 1.54) is 16.7 Å². The van der Waals surface area contributed by atoms with Gasteiger partial charge >= 0.3 is 0 Å². The number of rotatable bonds is 7. The highest BCUT2D eigenvalue weighted by atomic mass is 127. The fourth-order valence-corrected chi connectivity index (χ4v) is 4.36. The zero-order valence-corrected chi connectivity index (χ0v) is 22.0. The largest absolute Gasteiger partial charge is 0.454 e. The standard InChI is InChI=1S/C25H34N4O3.HI/c1-18-14-29(15-19(2)32-18)16-22-7-5-4-6-21(22)13-28-25(26-3)27-11-10-20-8-9-23-24(12-20)31-17-30-23;/h4-9,12,18-19H,10-11,13-17H2,1-3H3,(H2,26,27,28);1H. The Balaban J connectivity index is 0.00000306. The minimum absolute atomic E-state index is 0. The molecule has 0 radical (unpaired) electrons. The number of hydrogen-bond donors (Lipinski definition) is 2. The van der Waals surface area contributed by atoms with Crippen LogP contribution in [0.15, 0.2) is 47.5 Å². The zero-order chi connectivity index (χ0) is 22.3. The first kappa shape index (κ1) is 25.6. The van der Waals surface area contributed by atoms with Gasteiger partial charge in [-0.05, 0) is 49.1 Å². The van der Waals surface area contributed by atoms with Gasteiger partial charge in [0.2, 0.25) is 6.79 Å². The van der Waals surface area contributed by atoms with Crippen LogP contribution in [-0.2, 0) is 24.2 Å². The van der Waals surface area contributed by atoms with Crippen molar-refractivity contribution in [3.63, 3.8) is 0 Å². The highest BCUT2D eigenvalue weighted by molar-refractivity contribution is 14.0. The summed E-state index contributed by atoms with van der Waals surface area (Å²) in [5.41, 5.74) is 3.84. The summed E-state index contributed by atoms with van der Waals surface area (Å²) in [6.45, 7) is 8.99. The maximum Gasteiger partial charge on any atom is 0.231 e. The van der Waals surface area contributed by atoms with E-state index >= 15 is 0 Å². The second kappa shape index (κ2) is 12.4. The average Bonchev–Trinajstić information content (AvgIpc) is 3.24. The first-order valence-corrected chi connectivity index (χ1v) is 11.4.